The van der Waals surface area contributed by atoms with Gasteiger partial charge in [-0.2, -0.15) is 0 Å². The summed E-state index contributed by atoms with van der Waals surface area (Å²) in [6, 6.07) is 0. The minimum absolute atomic E-state index is 0.0627. The number of ketones is 1. The molecule has 0 saturated carbocycles. The van der Waals surface area contributed by atoms with E-state index in [1.165, 1.54) is 14.2 Å². The molecule has 1 aromatic rings. The number of methoxy groups -OCH3 is 2. The van der Waals surface area contributed by atoms with Crippen molar-refractivity contribution in [2.24, 2.45) is 0 Å². The molecule has 0 aliphatic carbocycles. The predicted molar refractivity (Wildman–Crippen MR) is 69.7 cm³/mol. The second-order valence-electron chi connectivity index (χ2n) is 4.20. The van der Waals surface area contributed by atoms with Gasteiger partial charge in [0.05, 0.1) is 20.6 Å². The Morgan fingerprint density at radius 2 is 1.80 bits per heavy atom. The van der Waals surface area contributed by atoms with Gasteiger partial charge in [0.2, 0.25) is 0 Å². The predicted octanol–water partition coefficient (Wildman–Crippen LogP) is 2.07. The van der Waals surface area contributed by atoms with Crippen LogP contribution in [0.4, 0.5) is 0 Å². The summed E-state index contributed by atoms with van der Waals surface area (Å²) in [6.07, 6.45) is 0.507. The van der Waals surface area contributed by atoms with Crippen molar-refractivity contribution < 1.29 is 28.3 Å². The second-order valence-corrected chi connectivity index (χ2v) is 4.20. The van der Waals surface area contributed by atoms with Crippen molar-refractivity contribution in [2.45, 2.75) is 33.1 Å². The van der Waals surface area contributed by atoms with Gasteiger partial charge < -0.3 is 13.9 Å². The van der Waals surface area contributed by atoms with Crippen LogP contribution in [0.15, 0.2) is 4.42 Å². The molecule has 0 N–H and O–H groups in total. The normalized spacial score (nSPS) is 10.2. The summed E-state index contributed by atoms with van der Waals surface area (Å²) in [7, 11) is 2.53. The Kier molecular flexibility index (Phi) is 5.49. The zero-order valence-electron chi connectivity index (χ0n) is 12.1. The van der Waals surface area contributed by atoms with Crippen molar-refractivity contribution in [3.63, 3.8) is 0 Å². The molecule has 0 aliphatic rings. The molecule has 0 aromatic carbocycles. The number of hydrogen-bond donors (Lipinski definition) is 0. The van der Waals surface area contributed by atoms with Gasteiger partial charge in [-0.15, -0.1) is 0 Å². The first-order chi connectivity index (χ1) is 9.46. The number of furan rings is 1. The summed E-state index contributed by atoms with van der Waals surface area (Å²) < 4.78 is 14.7. The van der Waals surface area contributed by atoms with Gasteiger partial charge in [0.25, 0.3) is 0 Å². The SMILES string of the molecule is CCC(=O)c1oc(CCC(=O)OC)c(C(=O)OC)c1C. The highest BCUT2D eigenvalue weighted by atomic mass is 16.5. The van der Waals surface area contributed by atoms with Crippen LogP contribution in [0, 0.1) is 6.92 Å². The quantitative estimate of drug-likeness (QED) is 0.586. The molecule has 0 unspecified atom stereocenters. The molecule has 1 heterocycles. The zero-order valence-corrected chi connectivity index (χ0v) is 12.1. The molecule has 0 spiro atoms. The van der Waals surface area contributed by atoms with Crippen molar-refractivity contribution in [3.8, 4) is 0 Å². The molecule has 0 saturated heterocycles. The summed E-state index contributed by atoms with van der Waals surface area (Å²) in [5, 5.41) is 0. The Bertz CT molecular complexity index is 526. The van der Waals surface area contributed by atoms with E-state index in [1.807, 2.05) is 0 Å². The number of ether oxygens (including phenoxy) is 2. The fraction of sp³-hybridized carbons (Fsp3) is 0.500. The largest absolute Gasteiger partial charge is 0.469 e. The van der Waals surface area contributed by atoms with Crippen molar-refractivity contribution in [2.75, 3.05) is 14.2 Å². The third kappa shape index (κ3) is 3.26. The van der Waals surface area contributed by atoms with Crippen molar-refractivity contribution in [1.82, 2.24) is 0 Å². The van der Waals surface area contributed by atoms with Crippen LogP contribution in [0.25, 0.3) is 0 Å². The van der Waals surface area contributed by atoms with E-state index in [2.05, 4.69) is 4.74 Å². The Morgan fingerprint density at radius 3 is 2.30 bits per heavy atom. The van der Waals surface area contributed by atoms with Gasteiger partial charge in [0, 0.05) is 18.4 Å². The topological polar surface area (TPSA) is 82.8 Å². The van der Waals surface area contributed by atoms with Gasteiger partial charge >= 0.3 is 11.9 Å². The van der Waals surface area contributed by atoms with Gasteiger partial charge in [0.15, 0.2) is 11.5 Å². The summed E-state index contributed by atoms with van der Waals surface area (Å²) in [5.41, 5.74) is 0.664. The lowest BCUT2D eigenvalue weighted by atomic mass is 10.1. The first-order valence-electron chi connectivity index (χ1n) is 6.26. The monoisotopic (exact) mass is 282 g/mol. The number of hydrogen-bond acceptors (Lipinski definition) is 6. The molecule has 1 aromatic heterocycles. The van der Waals surface area contributed by atoms with Gasteiger partial charge in [-0.1, -0.05) is 6.92 Å². The second kappa shape index (κ2) is 6.88. The Balaban J connectivity index is 3.16. The first kappa shape index (κ1) is 15.9. The molecule has 0 atom stereocenters. The fourth-order valence-electron chi connectivity index (χ4n) is 1.86. The standard InChI is InChI=1S/C14H18O6/c1-5-9(15)13-8(2)12(14(17)19-4)10(20-13)6-7-11(16)18-3/h5-7H2,1-4H3. The Labute approximate surface area is 117 Å². The average molecular weight is 282 g/mol. The summed E-state index contributed by atoms with van der Waals surface area (Å²) >= 11 is 0. The van der Waals surface area contributed by atoms with Crippen molar-refractivity contribution >= 4 is 17.7 Å². The molecular weight excluding hydrogens is 264 g/mol. The van der Waals surface area contributed by atoms with Crippen molar-refractivity contribution in [3.05, 3.63) is 22.6 Å². The summed E-state index contributed by atoms with van der Waals surface area (Å²) in [5.74, 6) is -0.777. The molecule has 1 rings (SSSR count). The van der Waals surface area contributed by atoms with E-state index in [0.29, 0.717) is 5.56 Å². The van der Waals surface area contributed by atoms with Crippen LogP contribution in [-0.4, -0.2) is 31.9 Å². The average Bonchev–Trinajstić information content (AvgIpc) is 2.79. The van der Waals surface area contributed by atoms with Crippen molar-refractivity contribution in [1.29, 1.82) is 0 Å². The van der Waals surface area contributed by atoms with Gasteiger partial charge in [-0.25, -0.2) is 4.79 Å². The van der Waals surface area contributed by atoms with Gasteiger partial charge in [-0.3, -0.25) is 9.59 Å². The van der Waals surface area contributed by atoms with E-state index in [4.69, 9.17) is 9.15 Å². The maximum atomic E-state index is 11.8. The molecular formula is C14H18O6. The maximum absolute atomic E-state index is 11.8. The van der Waals surface area contributed by atoms with Gasteiger partial charge in [-0.05, 0) is 6.92 Å². The minimum atomic E-state index is -0.582. The molecule has 20 heavy (non-hydrogen) atoms. The molecule has 6 nitrogen and oxygen atoms in total. The molecule has 0 fully saturated rings. The van der Waals surface area contributed by atoms with Crippen LogP contribution in [0.3, 0.4) is 0 Å². The van der Waals surface area contributed by atoms with E-state index in [1.54, 1.807) is 13.8 Å². The highest BCUT2D eigenvalue weighted by Gasteiger charge is 2.26. The molecule has 0 amide bonds. The van der Waals surface area contributed by atoms with E-state index >= 15 is 0 Å². The van der Waals surface area contributed by atoms with E-state index < -0.39 is 11.9 Å². The first-order valence-corrected chi connectivity index (χ1v) is 6.26. The number of carbonyl (C=O) groups is 3. The van der Waals surface area contributed by atoms with Crippen LogP contribution in [0.5, 0.6) is 0 Å². The van der Waals surface area contributed by atoms with Crippen LogP contribution in [0.1, 0.15) is 52.0 Å². The summed E-state index contributed by atoms with van der Waals surface area (Å²) in [4.78, 5) is 34.7. The highest BCUT2D eigenvalue weighted by molar-refractivity contribution is 6.00. The lowest BCUT2D eigenvalue weighted by Crippen LogP contribution is -2.08. The Hall–Kier alpha value is -2.11. The number of aryl methyl sites for hydroxylation is 1. The lowest BCUT2D eigenvalue weighted by Gasteiger charge is -2.01. The number of carbonyl (C=O) groups excluding carboxylic acids is 3. The van der Waals surface area contributed by atoms with E-state index in [9.17, 15) is 14.4 Å². The number of Topliss-reactive ketones (excluding diaryl/α,β-unsaturated/α-hetero) is 1. The van der Waals surface area contributed by atoms with E-state index in [0.717, 1.165) is 0 Å². The molecule has 0 radical (unpaired) electrons. The Morgan fingerprint density at radius 1 is 1.15 bits per heavy atom. The van der Waals surface area contributed by atoms with E-state index in [-0.39, 0.29) is 42.1 Å². The van der Waals surface area contributed by atoms with Crippen LogP contribution >= 0.6 is 0 Å². The third-order valence-electron chi connectivity index (χ3n) is 2.97. The molecule has 0 bridgehead atoms. The number of rotatable bonds is 6. The van der Waals surface area contributed by atoms with Gasteiger partial charge in [0.1, 0.15) is 11.3 Å². The molecule has 6 heteroatoms. The van der Waals surface area contributed by atoms with Crippen LogP contribution in [0.2, 0.25) is 0 Å². The lowest BCUT2D eigenvalue weighted by molar-refractivity contribution is -0.140. The fourth-order valence-corrected chi connectivity index (χ4v) is 1.86. The van der Waals surface area contributed by atoms with Crippen LogP contribution in [-0.2, 0) is 20.7 Å². The summed E-state index contributed by atoms with van der Waals surface area (Å²) in [6.45, 7) is 3.33. The zero-order chi connectivity index (χ0) is 15.3. The third-order valence-corrected chi connectivity index (χ3v) is 2.97. The maximum Gasteiger partial charge on any atom is 0.341 e. The highest BCUT2D eigenvalue weighted by Crippen LogP contribution is 2.25. The minimum Gasteiger partial charge on any atom is -0.469 e. The molecule has 110 valence electrons. The molecule has 0 aliphatic heterocycles. The smallest absolute Gasteiger partial charge is 0.341 e. The van der Waals surface area contributed by atoms with Crippen LogP contribution < -0.4 is 0 Å². The number of esters is 2.